The molecule has 1 fully saturated rings. The van der Waals surface area contributed by atoms with Crippen LogP contribution in [0.1, 0.15) is 10.4 Å². The summed E-state index contributed by atoms with van der Waals surface area (Å²) in [6.07, 6.45) is -5.05. The number of benzene rings is 2. The number of ether oxygens (including phenoxy) is 2. The second kappa shape index (κ2) is 8.74. The Morgan fingerprint density at radius 2 is 1.70 bits per heavy atom. The van der Waals surface area contributed by atoms with E-state index in [9.17, 15) is 39.6 Å². The van der Waals surface area contributed by atoms with Crippen LogP contribution in [0.25, 0.3) is 0 Å². The van der Waals surface area contributed by atoms with Crippen molar-refractivity contribution >= 4 is 39.3 Å². The number of rotatable bonds is 6. The van der Waals surface area contributed by atoms with Crippen molar-refractivity contribution in [1.82, 2.24) is 9.03 Å². The van der Waals surface area contributed by atoms with Gasteiger partial charge in [-0.2, -0.15) is 12.7 Å². The number of nitrogens with zero attached hydrogens (tertiary/aromatic N) is 1. The predicted molar refractivity (Wildman–Crippen MR) is 103 cm³/mol. The monoisotopic (exact) mass is 538 g/mol. The lowest BCUT2D eigenvalue weighted by Gasteiger charge is -2.37. The lowest BCUT2D eigenvalue weighted by molar-refractivity contribution is -0.274. The van der Waals surface area contributed by atoms with Gasteiger partial charge in [-0.3, -0.25) is 4.79 Å². The Balaban J connectivity index is 1.78. The zero-order valence-corrected chi connectivity index (χ0v) is 18.0. The Labute approximate surface area is 192 Å². The number of halogens is 8. The van der Waals surface area contributed by atoms with Crippen LogP contribution in [0.2, 0.25) is 10.0 Å². The van der Waals surface area contributed by atoms with Gasteiger partial charge in [0.15, 0.2) is 5.75 Å². The van der Waals surface area contributed by atoms with Crippen LogP contribution >= 0.6 is 23.2 Å². The summed E-state index contributed by atoms with van der Waals surface area (Å²) in [5, 5.41) is -0.826. The number of nitrogens with one attached hydrogen (secondary N) is 1. The molecular weight excluding hydrogens is 529 g/mol. The molecule has 0 spiro atoms. The van der Waals surface area contributed by atoms with E-state index in [2.05, 4.69) is 4.74 Å². The van der Waals surface area contributed by atoms with Gasteiger partial charge in [-0.05, 0) is 18.2 Å². The maximum absolute atomic E-state index is 14.4. The molecule has 1 aliphatic heterocycles. The van der Waals surface area contributed by atoms with E-state index < -0.39 is 74.4 Å². The maximum atomic E-state index is 14.4. The van der Waals surface area contributed by atoms with Crippen LogP contribution in [0.3, 0.4) is 0 Å². The Hall–Kier alpha value is -2.42. The number of hydrogen-bond acceptors (Lipinski definition) is 5. The van der Waals surface area contributed by atoms with Gasteiger partial charge in [0.25, 0.3) is 11.8 Å². The van der Waals surface area contributed by atoms with Gasteiger partial charge in [0.1, 0.15) is 17.3 Å². The van der Waals surface area contributed by atoms with Gasteiger partial charge in [0.05, 0.1) is 28.7 Å². The molecule has 2 aromatic rings. The van der Waals surface area contributed by atoms with E-state index in [0.29, 0.717) is 12.1 Å². The highest BCUT2D eigenvalue weighted by molar-refractivity contribution is 7.87. The molecule has 0 bridgehead atoms. The molecular formula is C17H10Cl2F6N2O5S. The number of carbonyl (C=O) groups excluding carboxylic acids is 1. The van der Waals surface area contributed by atoms with Crippen molar-refractivity contribution in [2.24, 2.45) is 0 Å². The largest absolute Gasteiger partial charge is 0.573 e. The van der Waals surface area contributed by atoms with Crippen molar-refractivity contribution in [2.45, 2.75) is 12.3 Å². The maximum Gasteiger partial charge on any atom is 0.573 e. The average molecular weight is 539 g/mol. The third kappa shape index (κ3) is 6.13. The summed E-state index contributed by atoms with van der Waals surface area (Å²) in [5.41, 5.74) is -0.861. The van der Waals surface area contributed by atoms with E-state index in [-0.39, 0.29) is 10.1 Å². The molecule has 16 heteroatoms. The first-order valence-electron chi connectivity index (χ1n) is 8.48. The van der Waals surface area contributed by atoms with Gasteiger partial charge in [-0.25, -0.2) is 17.9 Å². The molecule has 1 saturated heterocycles. The number of alkyl halides is 5. The third-order valence-electron chi connectivity index (χ3n) is 4.00. The minimum atomic E-state index is -5.05. The summed E-state index contributed by atoms with van der Waals surface area (Å²) in [6, 6.07) is 4.13. The van der Waals surface area contributed by atoms with Gasteiger partial charge < -0.3 is 9.47 Å². The van der Waals surface area contributed by atoms with E-state index in [1.54, 1.807) is 0 Å². The summed E-state index contributed by atoms with van der Waals surface area (Å²) in [6.45, 7) is -2.29. The zero-order chi connectivity index (χ0) is 24.8. The molecule has 0 aliphatic carbocycles. The van der Waals surface area contributed by atoms with Crippen molar-refractivity contribution in [3.8, 4) is 17.2 Å². The van der Waals surface area contributed by atoms with Crippen LogP contribution in [0, 0.1) is 5.82 Å². The van der Waals surface area contributed by atoms with Gasteiger partial charge >= 0.3 is 16.6 Å². The third-order valence-corrected chi connectivity index (χ3v) is 5.99. The van der Waals surface area contributed by atoms with E-state index in [1.165, 1.54) is 4.72 Å². The first kappa shape index (κ1) is 25.2. The minimum absolute atomic E-state index is 0.281. The van der Waals surface area contributed by atoms with E-state index in [0.717, 1.165) is 18.2 Å². The molecule has 0 aromatic heterocycles. The van der Waals surface area contributed by atoms with Crippen LogP contribution in [0.15, 0.2) is 30.3 Å². The van der Waals surface area contributed by atoms with Crippen LogP contribution in [-0.4, -0.2) is 44.0 Å². The topological polar surface area (TPSA) is 84.9 Å². The fraction of sp³-hybridized carbons (Fsp3) is 0.235. The second-order valence-corrected chi connectivity index (χ2v) is 9.05. The number of amides is 1. The lowest BCUT2D eigenvalue weighted by atomic mass is 10.2. The molecule has 180 valence electrons. The quantitative estimate of drug-likeness (QED) is 0.536. The molecule has 0 saturated carbocycles. The molecule has 1 N–H and O–H groups in total. The van der Waals surface area contributed by atoms with Gasteiger partial charge in [-0.1, -0.05) is 23.2 Å². The van der Waals surface area contributed by atoms with Crippen molar-refractivity contribution in [3.63, 3.8) is 0 Å². The van der Waals surface area contributed by atoms with Crippen LogP contribution in [-0.2, 0) is 10.2 Å². The van der Waals surface area contributed by atoms with Crippen molar-refractivity contribution in [1.29, 1.82) is 0 Å². The molecule has 0 unspecified atom stereocenters. The van der Waals surface area contributed by atoms with Crippen LogP contribution < -0.4 is 14.2 Å². The molecule has 33 heavy (non-hydrogen) atoms. The fourth-order valence-electron chi connectivity index (χ4n) is 2.53. The van der Waals surface area contributed by atoms with Gasteiger partial charge in [0.2, 0.25) is 0 Å². The first-order chi connectivity index (χ1) is 15.1. The second-order valence-electron chi connectivity index (χ2n) is 6.56. The van der Waals surface area contributed by atoms with Gasteiger partial charge in [-0.15, -0.1) is 13.2 Å². The molecule has 7 nitrogen and oxygen atoms in total. The SMILES string of the molecule is O=C(NS(=O)(=O)N1CC(F)(F)C1)c1cc(Cl)c(Oc2ccc(Cl)c(OC(F)(F)F)c2)cc1F. The van der Waals surface area contributed by atoms with E-state index >= 15 is 0 Å². The van der Waals surface area contributed by atoms with Crippen molar-refractivity contribution < 1.29 is 49.0 Å². The average Bonchev–Trinajstić information content (AvgIpc) is 2.63. The van der Waals surface area contributed by atoms with Crippen molar-refractivity contribution in [2.75, 3.05) is 13.1 Å². The smallest absolute Gasteiger partial charge is 0.456 e. The highest BCUT2D eigenvalue weighted by Crippen LogP contribution is 2.37. The molecule has 1 heterocycles. The molecule has 1 amide bonds. The normalized spacial score (nSPS) is 16.1. The zero-order valence-electron chi connectivity index (χ0n) is 15.7. The molecule has 0 radical (unpaired) electrons. The summed E-state index contributed by atoms with van der Waals surface area (Å²) in [7, 11) is -4.66. The summed E-state index contributed by atoms with van der Waals surface area (Å²) in [4.78, 5) is 12.1. The standard InChI is InChI=1S/C17H10Cl2F6N2O5S/c18-10-2-1-8(3-14(10)32-17(23,24)25)31-13-5-12(20)9(4-11(13)19)15(28)26-33(29,30)27-6-16(21,22)7-27/h1-5H,6-7H2,(H,26,28). The lowest BCUT2D eigenvalue weighted by Crippen LogP contribution is -2.61. The minimum Gasteiger partial charge on any atom is -0.456 e. The Morgan fingerprint density at radius 1 is 1.06 bits per heavy atom. The number of carbonyl (C=O) groups is 1. The number of hydrogen-bond donors (Lipinski definition) is 1. The van der Waals surface area contributed by atoms with Crippen molar-refractivity contribution in [3.05, 3.63) is 51.8 Å². The Kier molecular flexibility index (Phi) is 6.68. The summed E-state index contributed by atoms with van der Waals surface area (Å²) < 4.78 is 112. The molecule has 0 atom stereocenters. The summed E-state index contributed by atoms with van der Waals surface area (Å²) in [5.74, 6) is -7.61. The summed E-state index contributed by atoms with van der Waals surface area (Å²) >= 11 is 11.5. The molecule has 1 aliphatic rings. The van der Waals surface area contributed by atoms with Crippen LogP contribution in [0.5, 0.6) is 17.2 Å². The van der Waals surface area contributed by atoms with Gasteiger partial charge in [0, 0.05) is 12.1 Å². The highest BCUT2D eigenvalue weighted by Gasteiger charge is 2.50. The first-order valence-corrected chi connectivity index (χ1v) is 10.7. The Morgan fingerprint density at radius 3 is 2.27 bits per heavy atom. The Bertz CT molecular complexity index is 1200. The fourth-order valence-corrected chi connectivity index (χ4v) is 4.08. The van der Waals surface area contributed by atoms with Crippen LogP contribution in [0.4, 0.5) is 26.3 Å². The highest BCUT2D eigenvalue weighted by atomic mass is 35.5. The van der Waals surface area contributed by atoms with E-state index in [4.69, 9.17) is 27.9 Å². The molecule has 3 rings (SSSR count). The predicted octanol–water partition coefficient (Wildman–Crippen LogP) is 4.75. The molecule has 2 aromatic carbocycles. The van der Waals surface area contributed by atoms with E-state index in [1.807, 2.05) is 0 Å².